The van der Waals surface area contributed by atoms with Gasteiger partial charge in [0.2, 0.25) is 0 Å². The molecule has 0 bridgehead atoms. The number of rotatable bonds is 1. The molecular weight excluding hydrogens is 413 g/mol. The molecular formula is C20H24INO2. The van der Waals surface area contributed by atoms with E-state index in [0.717, 1.165) is 17.4 Å². The molecule has 4 heteroatoms. The first kappa shape index (κ1) is 15.5. The number of halogens is 1. The first-order valence-electron chi connectivity index (χ1n) is 9.06. The zero-order valence-electron chi connectivity index (χ0n) is 14.3. The average molecular weight is 437 g/mol. The van der Waals surface area contributed by atoms with E-state index < -0.39 is 0 Å². The largest absolute Gasteiger partial charge is 1.00 e. The molecule has 0 aromatic heterocycles. The average Bonchev–Trinajstić information content (AvgIpc) is 3.15. The minimum absolute atomic E-state index is 0. The normalized spacial score (nSPS) is 45.2. The molecule has 24 heavy (non-hydrogen) atoms. The van der Waals surface area contributed by atoms with Gasteiger partial charge in [-0.1, -0.05) is 12.1 Å². The van der Waals surface area contributed by atoms with Gasteiger partial charge in [0.25, 0.3) is 0 Å². The van der Waals surface area contributed by atoms with Crippen molar-refractivity contribution in [2.24, 2.45) is 5.92 Å². The fourth-order valence-corrected chi connectivity index (χ4v) is 7.40. The molecule has 0 radical (unpaired) electrons. The van der Waals surface area contributed by atoms with E-state index in [2.05, 4.69) is 31.3 Å². The quantitative estimate of drug-likeness (QED) is 0.345. The number of hydrogen-bond donors (Lipinski definition) is 0. The third kappa shape index (κ3) is 1.29. The Balaban J connectivity index is 0.00000131. The van der Waals surface area contributed by atoms with Crippen LogP contribution in [0.2, 0.25) is 0 Å². The zero-order chi connectivity index (χ0) is 15.4. The maximum absolute atomic E-state index is 6.57. The van der Waals surface area contributed by atoms with Gasteiger partial charge < -0.3 is 37.9 Å². The SMILES string of the molecule is COc1ccc2c3c1O[C@@H]1C=C[C@H]4CC[N+]5(C)CC[C@@]31[C@@]45CC2.[I-]. The van der Waals surface area contributed by atoms with Crippen molar-refractivity contribution in [3.05, 3.63) is 35.4 Å². The van der Waals surface area contributed by atoms with Gasteiger partial charge in [-0.25, -0.2) is 0 Å². The minimum Gasteiger partial charge on any atom is -1.00 e. The maximum Gasteiger partial charge on any atom is 0.166 e. The number of hydrogen-bond acceptors (Lipinski definition) is 2. The van der Waals surface area contributed by atoms with Gasteiger partial charge in [0.1, 0.15) is 17.1 Å². The summed E-state index contributed by atoms with van der Waals surface area (Å²) in [7, 11) is 4.29. The molecule has 0 N–H and O–H groups in total. The van der Waals surface area contributed by atoms with E-state index in [9.17, 15) is 0 Å². The Morgan fingerprint density at radius 2 is 2.08 bits per heavy atom. The highest BCUT2D eigenvalue weighted by Gasteiger charge is 2.80. The summed E-state index contributed by atoms with van der Waals surface area (Å²) in [5.41, 5.74) is 3.58. The van der Waals surface area contributed by atoms with Crippen LogP contribution >= 0.6 is 0 Å². The lowest BCUT2D eigenvalue weighted by atomic mass is 9.51. The fourth-order valence-electron chi connectivity index (χ4n) is 7.40. The van der Waals surface area contributed by atoms with Crippen molar-refractivity contribution in [2.45, 2.75) is 42.7 Å². The van der Waals surface area contributed by atoms with Gasteiger partial charge >= 0.3 is 0 Å². The van der Waals surface area contributed by atoms with Crippen molar-refractivity contribution < 1.29 is 37.9 Å². The van der Waals surface area contributed by atoms with E-state index in [1.54, 1.807) is 7.11 Å². The molecule has 0 saturated carbocycles. The number of quaternary nitrogens is 1. The summed E-state index contributed by atoms with van der Waals surface area (Å²) in [6.45, 7) is 2.63. The molecule has 3 heterocycles. The van der Waals surface area contributed by atoms with Crippen LogP contribution < -0.4 is 33.5 Å². The summed E-state index contributed by atoms with van der Waals surface area (Å²) in [4.78, 5) is 0. The molecule has 2 aliphatic carbocycles. The Labute approximate surface area is 160 Å². The molecule has 1 aromatic rings. The third-order valence-electron chi connectivity index (χ3n) is 8.18. The predicted molar refractivity (Wildman–Crippen MR) is 87.9 cm³/mol. The standard InChI is InChI=1S/C20H24NO2.HI/c1-21-11-8-14-4-6-16-19(10-12-21)17-13(7-9-20(14,19)21)3-5-15(22-2)18(17)23-16;/h3-6,14,16H,7-12H2,1-2H3;1H/q+1;/p-1/t14-,16+,19-,20+,21?;/m0./s1. The van der Waals surface area contributed by atoms with Crippen LogP contribution in [0.15, 0.2) is 24.3 Å². The number of aryl methyl sites for hydroxylation is 1. The van der Waals surface area contributed by atoms with Gasteiger partial charge in [0, 0.05) is 30.7 Å². The van der Waals surface area contributed by atoms with Crippen molar-refractivity contribution in [1.82, 2.24) is 0 Å². The van der Waals surface area contributed by atoms with Gasteiger partial charge in [-0.2, -0.15) is 0 Å². The van der Waals surface area contributed by atoms with Crippen LogP contribution in [-0.4, -0.2) is 43.4 Å². The Kier molecular flexibility index (Phi) is 2.91. The monoisotopic (exact) mass is 437 g/mol. The molecule has 6 rings (SSSR count). The number of nitrogens with zero attached hydrogens (tertiary/aromatic N) is 1. The van der Waals surface area contributed by atoms with E-state index in [-0.39, 0.29) is 35.5 Å². The van der Waals surface area contributed by atoms with E-state index >= 15 is 0 Å². The number of methoxy groups -OCH3 is 1. The Hall–Kier alpha value is -0.750. The second-order valence-corrected chi connectivity index (χ2v) is 8.44. The highest BCUT2D eigenvalue weighted by molar-refractivity contribution is 5.63. The smallest absolute Gasteiger partial charge is 0.166 e. The lowest BCUT2D eigenvalue weighted by Gasteiger charge is -2.55. The first-order valence-corrected chi connectivity index (χ1v) is 9.06. The fraction of sp³-hybridized carbons (Fsp3) is 0.600. The van der Waals surface area contributed by atoms with Crippen LogP contribution in [0.5, 0.6) is 11.5 Å². The number of benzene rings is 1. The molecule has 128 valence electrons. The van der Waals surface area contributed by atoms with Crippen molar-refractivity contribution in [2.75, 3.05) is 27.2 Å². The van der Waals surface area contributed by atoms with E-state index in [4.69, 9.17) is 9.47 Å². The summed E-state index contributed by atoms with van der Waals surface area (Å²) >= 11 is 0. The van der Waals surface area contributed by atoms with Crippen LogP contribution in [0.25, 0.3) is 0 Å². The molecule has 5 atom stereocenters. The van der Waals surface area contributed by atoms with E-state index in [0.29, 0.717) is 5.54 Å². The molecule has 3 aliphatic heterocycles. The Bertz CT molecular complexity index is 777. The molecule has 5 aliphatic rings. The molecule has 2 saturated heterocycles. The second-order valence-electron chi connectivity index (χ2n) is 8.44. The van der Waals surface area contributed by atoms with Gasteiger partial charge in [0.15, 0.2) is 11.5 Å². The third-order valence-corrected chi connectivity index (χ3v) is 8.18. The highest BCUT2D eigenvalue weighted by atomic mass is 127. The van der Waals surface area contributed by atoms with Crippen LogP contribution in [-0.2, 0) is 11.8 Å². The lowest BCUT2D eigenvalue weighted by molar-refractivity contribution is -0.939. The molecule has 3 nitrogen and oxygen atoms in total. The van der Waals surface area contributed by atoms with E-state index in [1.807, 2.05) is 0 Å². The molecule has 2 fully saturated rings. The molecule has 0 amide bonds. The lowest BCUT2D eigenvalue weighted by Crippen LogP contribution is -3.00. The van der Waals surface area contributed by atoms with Gasteiger partial charge in [-0.3, -0.25) is 0 Å². The first-order chi connectivity index (χ1) is 11.2. The van der Waals surface area contributed by atoms with Gasteiger partial charge in [0.05, 0.1) is 27.2 Å². The van der Waals surface area contributed by atoms with Gasteiger partial charge in [-0.15, -0.1) is 0 Å². The van der Waals surface area contributed by atoms with Crippen molar-refractivity contribution in [3.8, 4) is 11.5 Å². The molecule has 1 aromatic carbocycles. The molecule has 2 spiro atoms. The second kappa shape index (κ2) is 4.50. The number of ether oxygens (including phenoxy) is 2. The topological polar surface area (TPSA) is 18.5 Å². The predicted octanol–water partition coefficient (Wildman–Crippen LogP) is -0.177. The molecule has 1 unspecified atom stereocenters. The Morgan fingerprint density at radius 1 is 1.21 bits per heavy atom. The maximum atomic E-state index is 6.57. The van der Waals surface area contributed by atoms with Gasteiger partial charge in [-0.05, 0) is 24.1 Å². The van der Waals surface area contributed by atoms with E-state index in [1.165, 1.54) is 54.4 Å². The van der Waals surface area contributed by atoms with Crippen molar-refractivity contribution >= 4 is 0 Å². The highest BCUT2D eigenvalue weighted by Crippen LogP contribution is 2.71. The van der Waals surface area contributed by atoms with Crippen LogP contribution in [0, 0.1) is 5.92 Å². The Morgan fingerprint density at radius 3 is 2.92 bits per heavy atom. The summed E-state index contributed by atoms with van der Waals surface area (Å²) in [5, 5.41) is 0. The number of likely N-dealkylation sites (N-methyl/N-ethyl adjacent to an activating group) is 1. The summed E-state index contributed by atoms with van der Waals surface area (Å²) in [5.74, 6) is 2.70. The van der Waals surface area contributed by atoms with Crippen LogP contribution in [0.1, 0.15) is 30.4 Å². The van der Waals surface area contributed by atoms with Crippen LogP contribution in [0.3, 0.4) is 0 Å². The zero-order valence-corrected chi connectivity index (χ0v) is 16.5. The van der Waals surface area contributed by atoms with Crippen LogP contribution in [0.4, 0.5) is 0 Å². The van der Waals surface area contributed by atoms with Crippen molar-refractivity contribution in [1.29, 1.82) is 0 Å². The summed E-state index contributed by atoms with van der Waals surface area (Å²) in [6.07, 6.45) is 10.2. The minimum atomic E-state index is 0. The van der Waals surface area contributed by atoms with Crippen molar-refractivity contribution in [3.63, 3.8) is 0 Å². The summed E-state index contributed by atoms with van der Waals surface area (Å²) in [6, 6.07) is 4.41. The summed E-state index contributed by atoms with van der Waals surface area (Å²) < 4.78 is 13.5.